The van der Waals surface area contributed by atoms with Crippen LogP contribution in [0.3, 0.4) is 0 Å². The Morgan fingerprint density at radius 2 is 1.54 bits per heavy atom. The normalized spacial score (nSPS) is 10.7. The van der Waals surface area contributed by atoms with Crippen molar-refractivity contribution in [2.75, 3.05) is 10.6 Å². The van der Waals surface area contributed by atoms with Gasteiger partial charge in [-0.1, -0.05) is 41.9 Å². The number of nitrogens with one attached hydrogen (secondary N) is 2. The van der Waals surface area contributed by atoms with Gasteiger partial charge in [-0.3, -0.25) is 0 Å². The van der Waals surface area contributed by atoms with E-state index >= 15 is 0 Å². The van der Waals surface area contributed by atoms with E-state index in [1.807, 2.05) is 54.6 Å². The summed E-state index contributed by atoms with van der Waals surface area (Å²) >= 11 is 5.85. The third-order valence-corrected chi connectivity index (χ3v) is 4.11. The number of hydrogen-bond acceptors (Lipinski definition) is 4. The molecule has 0 aliphatic rings. The average Bonchev–Trinajstić information content (AvgIpc) is 2.66. The fourth-order valence-corrected chi connectivity index (χ4v) is 2.77. The predicted octanol–water partition coefficient (Wildman–Crippen LogP) is 5.91. The van der Waals surface area contributed by atoms with E-state index in [2.05, 4.69) is 20.6 Å². The third kappa shape index (κ3) is 3.43. The number of aromatic nitrogens is 2. The lowest BCUT2D eigenvalue weighted by atomic mass is 10.2. The summed E-state index contributed by atoms with van der Waals surface area (Å²) in [6.07, 6.45) is 0. The van der Waals surface area contributed by atoms with Crippen LogP contribution in [0.15, 0.2) is 72.8 Å². The Kier molecular flexibility index (Phi) is 4.37. The molecule has 0 spiro atoms. The van der Waals surface area contributed by atoms with Gasteiger partial charge in [0, 0.05) is 16.8 Å². The third-order valence-electron chi connectivity index (χ3n) is 3.82. The Balaban J connectivity index is 1.74. The summed E-state index contributed by atoms with van der Waals surface area (Å²) < 4.78 is 13.4. The van der Waals surface area contributed by atoms with Crippen LogP contribution in [0.25, 0.3) is 10.9 Å². The van der Waals surface area contributed by atoms with E-state index in [0.29, 0.717) is 17.5 Å². The monoisotopic (exact) mass is 364 g/mol. The topological polar surface area (TPSA) is 49.8 Å². The maximum Gasteiger partial charge on any atom is 0.229 e. The van der Waals surface area contributed by atoms with Gasteiger partial charge in [0.15, 0.2) is 0 Å². The van der Waals surface area contributed by atoms with Gasteiger partial charge < -0.3 is 10.6 Å². The number of fused-ring (bicyclic) bond motifs is 1. The maximum absolute atomic E-state index is 13.4. The van der Waals surface area contributed by atoms with Crippen molar-refractivity contribution in [3.05, 3.63) is 83.6 Å². The van der Waals surface area contributed by atoms with Crippen LogP contribution in [0.2, 0.25) is 5.02 Å². The lowest BCUT2D eigenvalue weighted by molar-refractivity contribution is 0.628. The van der Waals surface area contributed by atoms with Crippen molar-refractivity contribution >= 4 is 45.6 Å². The molecule has 0 aliphatic carbocycles. The molecule has 26 heavy (non-hydrogen) atoms. The second kappa shape index (κ2) is 6.98. The molecule has 1 aromatic heterocycles. The molecule has 4 nitrogen and oxygen atoms in total. The summed E-state index contributed by atoms with van der Waals surface area (Å²) in [5, 5.41) is 7.34. The highest BCUT2D eigenvalue weighted by atomic mass is 35.5. The standard InChI is InChI=1S/C20H14ClFN4/c21-16-12-14(10-11-17(16)22)24-20-25-18-9-5-4-8-15(18)19(26-20)23-13-6-2-1-3-7-13/h1-12H,(H2,23,24,25,26). The Hall–Kier alpha value is -3.18. The Morgan fingerprint density at radius 1 is 0.769 bits per heavy atom. The fraction of sp³-hybridized carbons (Fsp3) is 0. The quantitative estimate of drug-likeness (QED) is 0.472. The van der Waals surface area contributed by atoms with Crippen molar-refractivity contribution in [3.8, 4) is 0 Å². The van der Waals surface area contributed by atoms with Gasteiger partial charge >= 0.3 is 0 Å². The molecule has 2 N–H and O–H groups in total. The van der Waals surface area contributed by atoms with Crippen molar-refractivity contribution in [3.63, 3.8) is 0 Å². The molecule has 1 heterocycles. The SMILES string of the molecule is Fc1ccc(Nc2nc(Nc3ccccc3)c3ccccc3n2)cc1Cl. The molecule has 0 fully saturated rings. The van der Waals surface area contributed by atoms with Crippen LogP contribution in [-0.2, 0) is 0 Å². The molecule has 4 rings (SSSR count). The van der Waals surface area contributed by atoms with Crippen molar-refractivity contribution in [2.24, 2.45) is 0 Å². The van der Waals surface area contributed by atoms with Crippen LogP contribution in [0.5, 0.6) is 0 Å². The highest BCUT2D eigenvalue weighted by Crippen LogP contribution is 2.27. The van der Waals surface area contributed by atoms with Crippen LogP contribution in [0.1, 0.15) is 0 Å². The molecule has 0 radical (unpaired) electrons. The zero-order chi connectivity index (χ0) is 17.9. The number of nitrogens with zero attached hydrogens (tertiary/aromatic N) is 2. The number of anilines is 4. The van der Waals surface area contributed by atoms with Crippen molar-refractivity contribution in [1.82, 2.24) is 9.97 Å². The van der Waals surface area contributed by atoms with Gasteiger partial charge in [-0.15, -0.1) is 0 Å². The van der Waals surface area contributed by atoms with E-state index in [0.717, 1.165) is 16.6 Å². The Bertz CT molecular complexity index is 1070. The first-order chi connectivity index (χ1) is 12.7. The van der Waals surface area contributed by atoms with Crippen LogP contribution in [0, 0.1) is 5.82 Å². The number of halogens is 2. The van der Waals surface area contributed by atoms with Gasteiger partial charge in [0.25, 0.3) is 0 Å². The van der Waals surface area contributed by atoms with E-state index in [-0.39, 0.29) is 5.02 Å². The molecule has 0 amide bonds. The molecule has 0 atom stereocenters. The summed E-state index contributed by atoms with van der Waals surface area (Å²) in [5.74, 6) is 0.602. The summed E-state index contributed by atoms with van der Waals surface area (Å²) in [4.78, 5) is 9.10. The first-order valence-electron chi connectivity index (χ1n) is 8.00. The first kappa shape index (κ1) is 16.3. The molecule has 0 saturated carbocycles. The summed E-state index contributed by atoms with van der Waals surface area (Å²) in [6.45, 7) is 0. The highest BCUT2D eigenvalue weighted by molar-refractivity contribution is 6.31. The molecule has 3 aromatic carbocycles. The lowest BCUT2D eigenvalue weighted by Gasteiger charge is -2.12. The second-order valence-corrected chi connectivity index (χ2v) is 6.07. The average molecular weight is 365 g/mol. The van der Waals surface area contributed by atoms with Gasteiger partial charge in [-0.25, -0.2) is 9.37 Å². The summed E-state index contributed by atoms with van der Waals surface area (Å²) in [6, 6.07) is 21.9. The predicted molar refractivity (Wildman–Crippen MR) is 104 cm³/mol. The molecule has 0 aliphatic heterocycles. The molecule has 0 saturated heterocycles. The van der Waals surface area contributed by atoms with Crippen LogP contribution >= 0.6 is 11.6 Å². The molecule has 4 aromatic rings. The molecule has 0 unspecified atom stereocenters. The summed E-state index contributed by atoms with van der Waals surface area (Å²) in [5.41, 5.74) is 2.32. The van der Waals surface area contributed by atoms with E-state index < -0.39 is 5.82 Å². The molecule has 6 heteroatoms. The van der Waals surface area contributed by atoms with Crippen LogP contribution in [0.4, 0.5) is 27.5 Å². The number of benzene rings is 3. The maximum atomic E-state index is 13.4. The van der Waals surface area contributed by atoms with Crippen molar-refractivity contribution in [2.45, 2.75) is 0 Å². The van der Waals surface area contributed by atoms with Crippen LogP contribution < -0.4 is 10.6 Å². The molecular weight excluding hydrogens is 351 g/mol. The van der Waals surface area contributed by atoms with E-state index in [4.69, 9.17) is 11.6 Å². The van der Waals surface area contributed by atoms with Gasteiger partial charge in [0.1, 0.15) is 11.6 Å². The van der Waals surface area contributed by atoms with Gasteiger partial charge in [0.2, 0.25) is 5.95 Å². The van der Waals surface area contributed by atoms with Crippen molar-refractivity contribution in [1.29, 1.82) is 0 Å². The molecule has 0 bridgehead atoms. The highest BCUT2D eigenvalue weighted by Gasteiger charge is 2.09. The van der Waals surface area contributed by atoms with Gasteiger partial charge in [-0.05, 0) is 42.5 Å². The number of rotatable bonds is 4. The van der Waals surface area contributed by atoms with Gasteiger partial charge in [0.05, 0.1) is 10.5 Å². The Labute approximate surface area is 154 Å². The minimum Gasteiger partial charge on any atom is -0.340 e. The van der Waals surface area contributed by atoms with Crippen LogP contribution in [-0.4, -0.2) is 9.97 Å². The number of hydrogen-bond donors (Lipinski definition) is 2. The first-order valence-corrected chi connectivity index (χ1v) is 8.38. The van der Waals surface area contributed by atoms with Crippen molar-refractivity contribution < 1.29 is 4.39 Å². The summed E-state index contributed by atoms with van der Waals surface area (Å²) in [7, 11) is 0. The minimum absolute atomic E-state index is 0.0402. The zero-order valence-corrected chi connectivity index (χ0v) is 14.3. The lowest BCUT2D eigenvalue weighted by Crippen LogP contribution is -2.02. The van der Waals surface area contributed by atoms with E-state index in [1.54, 1.807) is 6.07 Å². The molecular formula is C20H14ClFN4. The van der Waals surface area contributed by atoms with Gasteiger partial charge in [-0.2, -0.15) is 4.98 Å². The largest absolute Gasteiger partial charge is 0.340 e. The molecule has 128 valence electrons. The Morgan fingerprint density at radius 3 is 2.35 bits per heavy atom. The zero-order valence-electron chi connectivity index (χ0n) is 13.6. The minimum atomic E-state index is -0.469. The number of para-hydroxylation sites is 2. The van der Waals surface area contributed by atoms with E-state index in [1.165, 1.54) is 12.1 Å². The fourth-order valence-electron chi connectivity index (χ4n) is 2.59. The smallest absolute Gasteiger partial charge is 0.229 e. The second-order valence-electron chi connectivity index (χ2n) is 5.66. The van der Waals surface area contributed by atoms with E-state index in [9.17, 15) is 4.39 Å².